The lowest BCUT2D eigenvalue weighted by atomic mass is 9.92. The fourth-order valence-electron chi connectivity index (χ4n) is 6.95. The molecule has 4 nitrogen and oxygen atoms in total. The molecule has 5 heteroatoms. The van der Waals surface area contributed by atoms with Crippen molar-refractivity contribution in [1.29, 1.82) is 0 Å². The number of pyridine rings is 1. The average Bonchev–Trinajstić information content (AvgIpc) is 3.58. The summed E-state index contributed by atoms with van der Waals surface area (Å²) in [4.78, 5) is 20.4. The van der Waals surface area contributed by atoms with E-state index in [1.807, 2.05) is 85.0 Å². The first-order valence-electron chi connectivity index (χ1n) is 16.6. The number of nitrogens with zero attached hydrogens (tertiary/aromatic N) is 4. The van der Waals surface area contributed by atoms with Crippen LogP contribution in [0.1, 0.15) is 18.1 Å². The molecule has 0 N–H and O–H groups in total. The summed E-state index contributed by atoms with van der Waals surface area (Å²) in [5.41, 5.74) is 7.71. The van der Waals surface area contributed by atoms with Gasteiger partial charge in [-0.15, -0.1) is 11.3 Å². The standard InChI is InChI=1S/C45H30N4S/c1-3-16-34-32(4-2)39-41(35-24-12-11-23-33(35)38-36-25-13-14-26-37(36)50-42(38)39)46-40(34)30-21-15-22-31(27-30)45-48-43(28-17-7-5-8-18-28)47-44(49-45)29-19-9-6-10-20-29/h3-27H,2H2,1H3/b16-3-. The van der Waals surface area contributed by atoms with Crippen LogP contribution < -0.4 is 0 Å². The van der Waals surface area contributed by atoms with Gasteiger partial charge in [-0.05, 0) is 30.0 Å². The number of fused-ring (bicyclic) bond motifs is 8. The van der Waals surface area contributed by atoms with Crippen LogP contribution in [0.2, 0.25) is 0 Å². The second-order valence-corrected chi connectivity index (χ2v) is 13.2. The van der Waals surface area contributed by atoms with Crippen LogP contribution in [0.15, 0.2) is 146 Å². The Kier molecular flexibility index (Phi) is 7.33. The van der Waals surface area contributed by atoms with Gasteiger partial charge in [0.05, 0.1) is 11.2 Å². The molecule has 3 heterocycles. The predicted octanol–water partition coefficient (Wildman–Crippen LogP) is 12.3. The van der Waals surface area contributed by atoms with Crippen molar-refractivity contribution in [3.63, 3.8) is 0 Å². The van der Waals surface area contributed by atoms with E-state index < -0.39 is 0 Å². The Morgan fingerprint density at radius 3 is 1.74 bits per heavy atom. The highest BCUT2D eigenvalue weighted by Gasteiger charge is 2.21. The molecule has 6 aromatic carbocycles. The number of hydrogen-bond donors (Lipinski definition) is 0. The van der Waals surface area contributed by atoms with E-state index in [4.69, 9.17) is 19.9 Å². The van der Waals surface area contributed by atoms with E-state index in [-0.39, 0.29) is 0 Å². The lowest BCUT2D eigenvalue weighted by Crippen LogP contribution is -2.00. The summed E-state index contributed by atoms with van der Waals surface area (Å²) in [6, 6.07) is 45.8. The van der Waals surface area contributed by atoms with E-state index in [1.54, 1.807) is 0 Å². The van der Waals surface area contributed by atoms with Gasteiger partial charge >= 0.3 is 0 Å². The van der Waals surface area contributed by atoms with Crippen LogP contribution >= 0.6 is 11.3 Å². The number of thiophene rings is 1. The normalized spacial score (nSPS) is 11.7. The molecule has 236 valence electrons. The van der Waals surface area contributed by atoms with Gasteiger partial charge in [-0.25, -0.2) is 19.9 Å². The third-order valence-corrected chi connectivity index (χ3v) is 10.4. The third-order valence-electron chi connectivity index (χ3n) is 9.18. The molecule has 50 heavy (non-hydrogen) atoms. The highest BCUT2D eigenvalue weighted by atomic mass is 32.1. The average molecular weight is 659 g/mol. The third kappa shape index (κ3) is 4.90. The molecule has 0 aliphatic carbocycles. The van der Waals surface area contributed by atoms with Crippen molar-refractivity contribution in [3.8, 4) is 45.4 Å². The summed E-state index contributed by atoms with van der Waals surface area (Å²) in [5, 5.41) is 6.02. The molecule has 0 spiro atoms. The van der Waals surface area contributed by atoms with Crippen LogP contribution in [0, 0.1) is 0 Å². The molecule has 3 aromatic heterocycles. The van der Waals surface area contributed by atoms with Crippen molar-refractivity contribution >= 4 is 65.3 Å². The zero-order chi connectivity index (χ0) is 33.6. The topological polar surface area (TPSA) is 51.6 Å². The van der Waals surface area contributed by atoms with Crippen molar-refractivity contribution in [2.75, 3.05) is 0 Å². The molecular formula is C45H30N4S. The first kappa shape index (κ1) is 29.8. The van der Waals surface area contributed by atoms with Crippen LogP contribution in [0.3, 0.4) is 0 Å². The maximum Gasteiger partial charge on any atom is 0.164 e. The van der Waals surface area contributed by atoms with Crippen LogP contribution in [0.5, 0.6) is 0 Å². The van der Waals surface area contributed by atoms with Crippen molar-refractivity contribution in [1.82, 2.24) is 19.9 Å². The second-order valence-electron chi connectivity index (χ2n) is 12.2. The van der Waals surface area contributed by atoms with Crippen molar-refractivity contribution < 1.29 is 0 Å². The maximum absolute atomic E-state index is 5.54. The number of benzene rings is 6. The van der Waals surface area contributed by atoms with Gasteiger partial charge in [-0.2, -0.15) is 0 Å². The minimum atomic E-state index is 0.606. The molecule has 0 saturated carbocycles. The first-order valence-corrected chi connectivity index (χ1v) is 17.5. The smallest absolute Gasteiger partial charge is 0.164 e. The van der Waals surface area contributed by atoms with E-state index >= 15 is 0 Å². The first-order chi connectivity index (χ1) is 24.7. The SMILES string of the molecule is C=Cc1c(/C=C\C)c(-c2cccc(-c3nc(-c4ccccc4)nc(-c4ccccc4)n3)c2)nc2c3ccccc3c3c4ccccc4sc3c12. The largest absolute Gasteiger partial charge is 0.246 e. The molecule has 0 saturated heterocycles. The fraction of sp³-hybridized carbons (Fsp3) is 0.0222. The van der Waals surface area contributed by atoms with Gasteiger partial charge in [0.25, 0.3) is 0 Å². The van der Waals surface area contributed by atoms with E-state index in [1.165, 1.54) is 25.6 Å². The van der Waals surface area contributed by atoms with E-state index in [0.717, 1.165) is 55.4 Å². The highest BCUT2D eigenvalue weighted by Crippen LogP contribution is 2.46. The van der Waals surface area contributed by atoms with Gasteiger partial charge in [-0.1, -0.05) is 146 Å². The molecule has 0 amide bonds. The number of rotatable bonds is 6. The Hall–Kier alpha value is -6.30. The Morgan fingerprint density at radius 1 is 0.520 bits per heavy atom. The molecule has 9 rings (SSSR count). The van der Waals surface area contributed by atoms with E-state index in [0.29, 0.717) is 17.5 Å². The van der Waals surface area contributed by atoms with Gasteiger partial charge in [0.2, 0.25) is 0 Å². The Labute approximate surface area is 293 Å². The Balaban J connectivity index is 1.31. The quantitative estimate of drug-likeness (QED) is 0.167. The van der Waals surface area contributed by atoms with Crippen LogP contribution in [-0.4, -0.2) is 19.9 Å². The van der Waals surface area contributed by atoms with Gasteiger partial charge in [0, 0.05) is 58.8 Å². The van der Waals surface area contributed by atoms with Crippen molar-refractivity contribution in [3.05, 3.63) is 157 Å². The molecule has 0 aliphatic rings. The van der Waals surface area contributed by atoms with Gasteiger partial charge < -0.3 is 0 Å². The highest BCUT2D eigenvalue weighted by molar-refractivity contribution is 7.27. The lowest BCUT2D eigenvalue weighted by Gasteiger charge is -2.16. The Bertz CT molecular complexity index is 2720. The van der Waals surface area contributed by atoms with Crippen LogP contribution in [0.4, 0.5) is 0 Å². The molecule has 0 aliphatic heterocycles. The van der Waals surface area contributed by atoms with E-state index in [9.17, 15) is 0 Å². The summed E-state index contributed by atoms with van der Waals surface area (Å²) in [5.74, 6) is 1.87. The minimum absolute atomic E-state index is 0.606. The van der Waals surface area contributed by atoms with Crippen LogP contribution in [0.25, 0.3) is 99.4 Å². The zero-order valence-electron chi connectivity index (χ0n) is 27.3. The van der Waals surface area contributed by atoms with E-state index in [2.05, 4.69) is 91.5 Å². The summed E-state index contributed by atoms with van der Waals surface area (Å²) in [6.07, 6.45) is 6.23. The van der Waals surface area contributed by atoms with Gasteiger partial charge in [-0.3, -0.25) is 0 Å². The summed E-state index contributed by atoms with van der Waals surface area (Å²) >= 11 is 1.83. The Morgan fingerprint density at radius 2 is 1.08 bits per heavy atom. The molecule has 0 radical (unpaired) electrons. The lowest BCUT2D eigenvalue weighted by molar-refractivity contribution is 1.07. The second kappa shape index (κ2) is 12.3. The molecular weight excluding hydrogens is 629 g/mol. The summed E-state index contributed by atoms with van der Waals surface area (Å²) < 4.78 is 2.50. The summed E-state index contributed by atoms with van der Waals surface area (Å²) in [7, 11) is 0. The minimum Gasteiger partial charge on any atom is -0.246 e. The van der Waals surface area contributed by atoms with Crippen molar-refractivity contribution in [2.24, 2.45) is 0 Å². The van der Waals surface area contributed by atoms with Gasteiger partial charge in [0.1, 0.15) is 0 Å². The molecule has 0 atom stereocenters. The summed E-state index contributed by atoms with van der Waals surface area (Å²) in [6.45, 7) is 6.41. The van der Waals surface area contributed by atoms with Crippen LogP contribution in [-0.2, 0) is 0 Å². The molecule has 0 bridgehead atoms. The maximum atomic E-state index is 5.54. The monoisotopic (exact) mass is 658 g/mol. The molecule has 9 aromatic rings. The predicted molar refractivity (Wildman–Crippen MR) is 212 cm³/mol. The van der Waals surface area contributed by atoms with Crippen molar-refractivity contribution in [2.45, 2.75) is 6.92 Å². The number of aromatic nitrogens is 4. The molecule has 0 unspecified atom stereocenters. The number of allylic oxidation sites excluding steroid dienone is 1. The number of hydrogen-bond acceptors (Lipinski definition) is 5. The van der Waals surface area contributed by atoms with Gasteiger partial charge in [0.15, 0.2) is 17.5 Å². The molecule has 0 fully saturated rings. The fourth-order valence-corrected chi connectivity index (χ4v) is 8.23. The zero-order valence-corrected chi connectivity index (χ0v) is 28.2.